The summed E-state index contributed by atoms with van der Waals surface area (Å²) in [5.74, 6) is 1.45. The molecular weight excluding hydrogens is 370 g/mol. The van der Waals surface area contributed by atoms with Gasteiger partial charge in [-0.05, 0) is 66.5 Å². The molecular formula is C18H16BrN3O2. The summed E-state index contributed by atoms with van der Waals surface area (Å²) in [7, 11) is 1.63. The summed E-state index contributed by atoms with van der Waals surface area (Å²) in [4.78, 5) is 0. The maximum absolute atomic E-state index is 9.68. The molecule has 6 heteroatoms. The van der Waals surface area contributed by atoms with Gasteiger partial charge in [0.2, 0.25) is 0 Å². The van der Waals surface area contributed by atoms with Crippen LogP contribution in [0.3, 0.4) is 0 Å². The van der Waals surface area contributed by atoms with Gasteiger partial charge in [0.05, 0.1) is 12.8 Å². The smallest absolute Gasteiger partial charge is 0.157 e. The molecule has 0 aliphatic carbocycles. The fourth-order valence-corrected chi connectivity index (χ4v) is 3.41. The first kappa shape index (κ1) is 16.3. The Labute approximate surface area is 148 Å². The van der Waals surface area contributed by atoms with E-state index in [0.29, 0.717) is 11.5 Å². The molecule has 0 amide bonds. The quantitative estimate of drug-likeness (QED) is 0.655. The molecule has 0 saturated carbocycles. The number of methoxy groups -OCH3 is 1. The van der Waals surface area contributed by atoms with Gasteiger partial charge in [-0.25, -0.2) is 0 Å². The van der Waals surface area contributed by atoms with E-state index in [2.05, 4.69) is 27.2 Å². The molecule has 1 aromatic carbocycles. The number of hydrogen-bond acceptors (Lipinski definition) is 4. The van der Waals surface area contributed by atoms with Gasteiger partial charge in [-0.3, -0.25) is 4.57 Å². The summed E-state index contributed by atoms with van der Waals surface area (Å²) in [6, 6.07) is 10.0. The second kappa shape index (κ2) is 6.17. The fourth-order valence-electron chi connectivity index (χ4n) is 2.82. The van der Waals surface area contributed by atoms with Crippen LogP contribution in [-0.4, -0.2) is 16.8 Å². The largest absolute Gasteiger partial charge is 0.497 e. The number of halogens is 1. The molecule has 2 aromatic heterocycles. The standard InChI is InChI=1S/C18H16BrN3O2/c1-10-15(9-20)22(17-11(2)21-24-12(17)3)18(16(10)19)13-5-7-14(23-4)8-6-13/h5-8H,1-4H3. The van der Waals surface area contributed by atoms with Crippen LogP contribution in [0.25, 0.3) is 16.9 Å². The van der Waals surface area contributed by atoms with Crippen molar-refractivity contribution in [2.24, 2.45) is 0 Å². The first-order valence-electron chi connectivity index (χ1n) is 7.38. The average Bonchev–Trinajstić information content (AvgIpc) is 3.04. The lowest BCUT2D eigenvalue weighted by Gasteiger charge is -2.11. The van der Waals surface area contributed by atoms with E-state index in [1.807, 2.05) is 49.6 Å². The number of aryl methyl sites for hydroxylation is 2. The van der Waals surface area contributed by atoms with Crippen molar-refractivity contribution in [1.29, 1.82) is 5.26 Å². The number of aromatic nitrogens is 2. The molecule has 0 bridgehead atoms. The Morgan fingerprint density at radius 3 is 2.38 bits per heavy atom. The lowest BCUT2D eigenvalue weighted by Crippen LogP contribution is -2.02. The summed E-state index contributed by atoms with van der Waals surface area (Å²) in [5.41, 5.74) is 4.83. The number of hydrogen-bond donors (Lipinski definition) is 0. The van der Waals surface area contributed by atoms with Crippen LogP contribution < -0.4 is 4.74 Å². The van der Waals surface area contributed by atoms with Gasteiger partial charge in [0.25, 0.3) is 0 Å². The molecule has 0 aliphatic rings. The maximum atomic E-state index is 9.68. The van der Waals surface area contributed by atoms with Gasteiger partial charge in [-0.15, -0.1) is 0 Å². The van der Waals surface area contributed by atoms with Crippen molar-refractivity contribution in [3.63, 3.8) is 0 Å². The first-order valence-corrected chi connectivity index (χ1v) is 8.17. The molecule has 0 spiro atoms. The average molecular weight is 386 g/mol. The zero-order valence-electron chi connectivity index (χ0n) is 13.8. The van der Waals surface area contributed by atoms with Gasteiger partial charge in [-0.1, -0.05) is 5.16 Å². The SMILES string of the molecule is COc1ccc(-c2c(Br)c(C)c(C#N)n2-c2c(C)noc2C)cc1. The number of rotatable bonds is 3. The Morgan fingerprint density at radius 2 is 1.88 bits per heavy atom. The van der Waals surface area contributed by atoms with Crippen LogP contribution in [0.15, 0.2) is 33.3 Å². The van der Waals surface area contributed by atoms with Gasteiger partial charge in [0, 0.05) is 10.0 Å². The maximum Gasteiger partial charge on any atom is 0.157 e. The Kier molecular flexibility index (Phi) is 4.20. The minimum absolute atomic E-state index is 0.557. The molecule has 0 saturated heterocycles. The Hall–Kier alpha value is -2.52. The molecule has 2 heterocycles. The van der Waals surface area contributed by atoms with Crippen LogP contribution in [0, 0.1) is 32.1 Å². The Balaban J connectivity index is 2.36. The minimum atomic E-state index is 0.557. The lowest BCUT2D eigenvalue weighted by molar-refractivity contribution is 0.393. The zero-order chi connectivity index (χ0) is 17.4. The second-order valence-electron chi connectivity index (χ2n) is 5.48. The summed E-state index contributed by atoms with van der Waals surface area (Å²) < 4.78 is 13.3. The predicted molar refractivity (Wildman–Crippen MR) is 94.4 cm³/mol. The van der Waals surface area contributed by atoms with Crippen LogP contribution >= 0.6 is 15.9 Å². The Morgan fingerprint density at radius 1 is 1.21 bits per heavy atom. The highest BCUT2D eigenvalue weighted by molar-refractivity contribution is 9.10. The normalized spacial score (nSPS) is 10.7. The highest BCUT2D eigenvalue weighted by Gasteiger charge is 2.25. The van der Waals surface area contributed by atoms with Crippen molar-refractivity contribution in [3.05, 3.63) is 51.4 Å². The van der Waals surface area contributed by atoms with Gasteiger partial charge >= 0.3 is 0 Å². The molecule has 5 nitrogen and oxygen atoms in total. The number of benzene rings is 1. The predicted octanol–water partition coefficient (Wildman–Crippen LogP) is 4.70. The fraction of sp³-hybridized carbons (Fsp3) is 0.222. The van der Waals surface area contributed by atoms with Gasteiger partial charge in [0.15, 0.2) is 5.76 Å². The van der Waals surface area contributed by atoms with E-state index < -0.39 is 0 Å². The van der Waals surface area contributed by atoms with Crippen molar-refractivity contribution in [2.45, 2.75) is 20.8 Å². The van der Waals surface area contributed by atoms with Crippen molar-refractivity contribution in [1.82, 2.24) is 9.72 Å². The molecule has 0 fully saturated rings. The first-order chi connectivity index (χ1) is 11.5. The van der Waals surface area contributed by atoms with E-state index in [1.165, 1.54) is 0 Å². The van der Waals surface area contributed by atoms with E-state index in [4.69, 9.17) is 9.26 Å². The van der Waals surface area contributed by atoms with E-state index in [1.54, 1.807) is 7.11 Å². The van der Waals surface area contributed by atoms with Gasteiger partial charge in [-0.2, -0.15) is 5.26 Å². The van der Waals surface area contributed by atoms with Gasteiger partial charge in [0.1, 0.15) is 28.9 Å². The molecule has 0 N–H and O–H groups in total. The number of nitriles is 1. The monoisotopic (exact) mass is 385 g/mol. The Bertz CT molecular complexity index is 927. The molecule has 0 aliphatic heterocycles. The van der Waals surface area contributed by atoms with Crippen LogP contribution in [0.5, 0.6) is 5.75 Å². The third kappa shape index (κ3) is 2.42. The van der Waals surface area contributed by atoms with E-state index in [-0.39, 0.29) is 0 Å². The molecule has 3 rings (SSSR count). The van der Waals surface area contributed by atoms with Crippen LogP contribution in [0.2, 0.25) is 0 Å². The van der Waals surface area contributed by atoms with Gasteiger partial charge < -0.3 is 9.26 Å². The topological polar surface area (TPSA) is 64.0 Å². The van der Waals surface area contributed by atoms with Crippen molar-refractivity contribution >= 4 is 15.9 Å². The molecule has 0 radical (unpaired) electrons. The van der Waals surface area contributed by atoms with Crippen molar-refractivity contribution in [2.75, 3.05) is 7.11 Å². The zero-order valence-corrected chi connectivity index (χ0v) is 15.4. The number of nitrogens with zero attached hydrogens (tertiary/aromatic N) is 3. The third-order valence-corrected chi connectivity index (χ3v) is 5.00. The summed E-state index contributed by atoms with van der Waals surface area (Å²) in [6.07, 6.45) is 0. The summed E-state index contributed by atoms with van der Waals surface area (Å²) >= 11 is 3.65. The molecule has 122 valence electrons. The molecule has 0 atom stereocenters. The summed E-state index contributed by atoms with van der Waals surface area (Å²) in [6.45, 7) is 5.63. The highest BCUT2D eigenvalue weighted by atomic mass is 79.9. The summed E-state index contributed by atoms with van der Waals surface area (Å²) in [5, 5.41) is 13.7. The van der Waals surface area contributed by atoms with Crippen LogP contribution in [-0.2, 0) is 0 Å². The lowest BCUT2D eigenvalue weighted by atomic mass is 10.1. The second-order valence-corrected chi connectivity index (χ2v) is 6.28. The number of ether oxygens (including phenoxy) is 1. The van der Waals surface area contributed by atoms with Crippen molar-refractivity contribution in [3.8, 4) is 28.8 Å². The van der Waals surface area contributed by atoms with E-state index in [9.17, 15) is 5.26 Å². The molecule has 24 heavy (non-hydrogen) atoms. The van der Waals surface area contributed by atoms with Crippen molar-refractivity contribution < 1.29 is 9.26 Å². The van der Waals surface area contributed by atoms with Crippen LogP contribution in [0.1, 0.15) is 22.7 Å². The third-order valence-electron chi connectivity index (χ3n) is 4.03. The van der Waals surface area contributed by atoms with E-state index in [0.717, 1.165) is 38.4 Å². The highest BCUT2D eigenvalue weighted by Crippen LogP contribution is 2.39. The molecule has 0 unspecified atom stereocenters. The van der Waals surface area contributed by atoms with E-state index >= 15 is 0 Å². The van der Waals surface area contributed by atoms with Crippen LogP contribution in [0.4, 0.5) is 0 Å². The molecule has 3 aromatic rings. The minimum Gasteiger partial charge on any atom is -0.497 e.